The average Bonchev–Trinajstić information content (AvgIpc) is 2.83. The Kier molecular flexibility index (Phi) is 6.38. The van der Waals surface area contributed by atoms with Gasteiger partial charge in [-0.2, -0.15) is 5.26 Å². The molecule has 4 rings (SSSR count). The molecule has 1 heterocycles. The standard InChI is InChI=1S/C25H21ClFN3O3/c1-32-21-12-16-9-10-30(25(31)29-17-6-3-5-15(11-17)14-28)24(18(16)13-22(21)33-2)23-19(26)7-4-8-20(23)27/h3-8,11-13,24H,9-10H2,1-2H3,(H,29,31). The van der Waals surface area contributed by atoms with Gasteiger partial charge in [0.15, 0.2) is 11.5 Å². The summed E-state index contributed by atoms with van der Waals surface area (Å²) in [4.78, 5) is 14.9. The van der Waals surface area contributed by atoms with E-state index in [1.807, 2.05) is 12.1 Å². The van der Waals surface area contributed by atoms with Crippen molar-refractivity contribution in [2.75, 3.05) is 26.1 Å². The number of hydrogen-bond acceptors (Lipinski definition) is 4. The Balaban J connectivity index is 1.82. The van der Waals surface area contributed by atoms with Crippen molar-refractivity contribution >= 4 is 23.3 Å². The van der Waals surface area contributed by atoms with Crippen molar-refractivity contribution in [1.29, 1.82) is 5.26 Å². The molecule has 1 unspecified atom stereocenters. The summed E-state index contributed by atoms with van der Waals surface area (Å²) in [5, 5.41) is 12.2. The minimum absolute atomic E-state index is 0.202. The summed E-state index contributed by atoms with van der Waals surface area (Å²) in [5.74, 6) is 0.512. The van der Waals surface area contributed by atoms with Crippen molar-refractivity contribution in [2.24, 2.45) is 0 Å². The third-order valence-corrected chi connectivity index (χ3v) is 5.98. The molecule has 0 aliphatic carbocycles. The Hall–Kier alpha value is -3.76. The van der Waals surface area contributed by atoms with Crippen LogP contribution >= 0.6 is 11.6 Å². The minimum Gasteiger partial charge on any atom is -0.493 e. The molecule has 33 heavy (non-hydrogen) atoms. The molecular weight excluding hydrogens is 445 g/mol. The fourth-order valence-electron chi connectivity index (χ4n) is 4.11. The number of halogens is 2. The highest BCUT2D eigenvalue weighted by Gasteiger charge is 2.36. The van der Waals surface area contributed by atoms with Gasteiger partial charge in [-0.15, -0.1) is 0 Å². The van der Waals surface area contributed by atoms with E-state index < -0.39 is 17.9 Å². The molecule has 168 valence electrons. The predicted octanol–water partition coefficient (Wildman–Crippen LogP) is 5.55. The maximum atomic E-state index is 15.1. The minimum atomic E-state index is -0.790. The lowest BCUT2D eigenvalue weighted by molar-refractivity contribution is 0.192. The number of benzene rings is 3. The molecule has 1 aliphatic heterocycles. The number of carbonyl (C=O) groups is 1. The molecule has 3 aromatic rings. The number of nitrogens with zero attached hydrogens (tertiary/aromatic N) is 2. The van der Waals surface area contributed by atoms with Crippen LogP contribution in [-0.4, -0.2) is 31.7 Å². The first kappa shape index (κ1) is 22.4. The maximum absolute atomic E-state index is 15.1. The van der Waals surface area contributed by atoms with Gasteiger partial charge in [-0.25, -0.2) is 9.18 Å². The van der Waals surface area contributed by atoms with E-state index in [4.69, 9.17) is 26.3 Å². The van der Waals surface area contributed by atoms with Crippen molar-refractivity contribution in [3.63, 3.8) is 0 Å². The molecule has 0 spiro atoms. The second-order valence-electron chi connectivity index (χ2n) is 7.51. The number of anilines is 1. The molecule has 0 radical (unpaired) electrons. The van der Waals surface area contributed by atoms with E-state index in [2.05, 4.69) is 5.32 Å². The summed E-state index contributed by atoms with van der Waals surface area (Å²) in [7, 11) is 3.07. The molecule has 8 heteroatoms. The Labute approximate surface area is 196 Å². The molecule has 1 N–H and O–H groups in total. The van der Waals surface area contributed by atoms with Crippen LogP contribution in [0.25, 0.3) is 0 Å². The number of ether oxygens (including phenoxy) is 2. The van der Waals surface area contributed by atoms with Crippen LogP contribution in [0.4, 0.5) is 14.9 Å². The number of urea groups is 1. The molecule has 0 saturated heterocycles. The molecular formula is C25H21ClFN3O3. The van der Waals surface area contributed by atoms with E-state index in [1.165, 1.54) is 24.1 Å². The van der Waals surface area contributed by atoms with Crippen LogP contribution < -0.4 is 14.8 Å². The van der Waals surface area contributed by atoms with Crippen LogP contribution in [0.3, 0.4) is 0 Å². The molecule has 1 atom stereocenters. The number of hydrogen-bond donors (Lipinski definition) is 1. The Morgan fingerprint density at radius 1 is 1.15 bits per heavy atom. The molecule has 0 fully saturated rings. The zero-order chi connectivity index (χ0) is 23.5. The highest BCUT2D eigenvalue weighted by molar-refractivity contribution is 6.31. The summed E-state index contributed by atoms with van der Waals surface area (Å²) in [6, 6.07) is 15.5. The van der Waals surface area contributed by atoms with Crippen LogP contribution in [0, 0.1) is 17.1 Å². The first-order chi connectivity index (χ1) is 16.0. The second-order valence-corrected chi connectivity index (χ2v) is 7.92. The third kappa shape index (κ3) is 4.30. The highest BCUT2D eigenvalue weighted by Crippen LogP contribution is 2.43. The van der Waals surface area contributed by atoms with Gasteiger partial charge in [-0.3, -0.25) is 0 Å². The Morgan fingerprint density at radius 2 is 1.88 bits per heavy atom. The van der Waals surface area contributed by atoms with Gasteiger partial charge in [-0.05, 0) is 60.0 Å². The van der Waals surface area contributed by atoms with E-state index in [1.54, 1.807) is 43.5 Å². The number of amides is 2. The lowest BCUT2D eigenvalue weighted by Gasteiger charge is -2.38. The van der Waals surface area contributed by atoms with Crippen LogP contribution in [0.2, 0.25) is 5.02 Å². The highest BCUT2D eigenvalue weighted by atomic mass is 35.5. The molecule has 0 aromatic heterocycles. The maximum Gasteiger partial charge on any atom is 0.322 e. The van der Waals surface area contributed by atoms with Crippen LogP contribution in [-0.2, 0) is 6.42 Å². The van der Waals surface area contributed by atoms with Gasteiger partial charge in [0.1, 0.15) is 5.82 Å². The molecule has 1 aliphatic rings. The second kappa shape index (κ2) is 9.39. The number of fused-ring (bicyclic) bond motifs is 1. The number of nitriles is 1. The zero-order valence-corrected chi connectivity index (χ0v) is 18.8. The first-order valence-corrected chi connectivity index (χ1v) is 10.6. The van der Waals surface area contributed by atoms with Gasteiger partial charge < -0.3 is 19.7 Å². The van der Waals surface area contributed by atoms with Gasteiger partial charge in [0.25, 0.3) is 0 Å². The summed E-state index contributed by atoms with van der Waals surface area (Å²) in [6.07, 6.45) is 0.532. The number of rotatable bonds is 4. The van der Waals surface area contributed by atoms with Gasteiger partial charge in [0.2, 0.25) is 0 Å². The van der Waals surface area contributed by atoms with Gasteiger partial charge in [0.05, 0.1) is 31.9 Å². The lowest BCUT2D eigenvalue weighted by Crippen LogP contribution is -2.43. The summed E-state index contributed by atoms with van der Waals surface area (Å²) in [6.45, 7) is 0.321. The normalized spacial score (nSPS) is 14.8. The Bertz CT molecular complexity index is 1240. The van der Waals surface area contributed by atoms with E-state index >= 15 is 4.39 Å². The fourth-order valence-corrected chi connectivity index (χ4v) is 4.38. The summed E-state index contributed by atoms with van der Waals surface area (Å²) in [5.41, 5.74) is 2.70. The molecule has 0 bridgehead atoms. The quantitative estimate of drug-likeness (QED) is 0.548. The zero-order valence-electron chi connectivity index (χ0n) is 18.1. The predicted molar refractivity (Wildman–Crippen MR) is 123 cm³/mol. The van der Waals surface area contributed by atoms with Crippen LogP contribution in [0.15, 0.2) is 54.6 Å². The van der Waals surface area contributed by atoms with E-state index in [0.29, 0.717) is 41.3 Å². The molecule has 0 saturated carbocycles. The van der Waals surface area contributed by atoms with Gasteiger partial charge >= 0.3 is 6.03 Å². The molecule has 6 nitrogen and oxygen atoms in total. The van der Waals surface area contributed by atoms with Crippen molar-refractivity contribution in [3.05, 3.63) is 87.7 Å². The smallest absolute Gasteiger partial charge is 0.322 e. The number of nitrogens with one attached hydrogen (secondary N) is 1. The monoisotopic (exact) mass is 465 g/mol. The summed E-state index contributed by atoms with van der Waals surface area (Å²) < 4.78 is 26.0. The van der Waals surface area contributed by atoms with E-state index in [0.717, 1.165) is 5.56 Å². The van der Waals surface area contributed by atoms with E-state index in [9.17, 15) is 4.79 Å². The summed E-state index contributed by atoms with van der Waals surface area (Å²) >= 11 is 6.44. The van der Waals surface area contributed by atoms with Gasteiger partial charge in [-0.1, -0.05) is 23.7 Å². The van der Waals surface area contributed by atoms with Crippen LogP contribution in [0.5, 0.6) is 11.5 Å². The Morgan fingerprint density at radius 3 is 2.58 bits per heavy atom. The fraction of sp³-hybridized carbons (Fsp3) is 0.200. The number of methoxy groups -OCH3 is 2. The van der Waals surface area contributed by atoms with Crippen molar-refractivity contribution in [1.82, 2.24) is 4.90 Å². The average molecular weight is 466 g/mol. The van der Waals surface area contributed by atoms with E-state index in [-0.39, 0.29) is 10.6 Å². The lowest BCUT2D eigenvalue weighted by atomic mass is 9.87. The molecule has 2 amide bonds. The largest absolute Gasteiger partial charge is 0.493 e. The van der Waals surface area contributed by atoms with Crippen molar-refractivity contribution in [2.45, 2.75) is 12.5 Å². The first-order valence-electron chi connectivity index (χ1n) is 10.2. The van der Waals surface area contributed by atoms with Crippen molar-refractivity contribution in [3.8, 4) is 17.6 Å². The SMILES string of the molecule is COc1cc2c(cc1OC)C(c1c(F)cccc1Cl)N(C(=O)Nc1cccc(C#N)c1)CC2. The van der Waals surface area contributed by atoms with Crippen molar-refractivity contribution < 1.29 is 18.7 Å². The third-order valence-electron chi connectivity index (χ3n) is 5.65. The topological polar surface area (TPSA) is 74.6 Å². The number of carbonyl (C=O) groups excluding carboxylic acids is 1. The van der Waals surface area contributed by atoms with Crippen LogP contribution in [0.1, 0.15) is 28.3 Å². The van der Waals surface area contributed by atoms with Gasteiger partial charge in [0, 0.05) is 22.8 Å². The molecule has 3 aromatic carbocycles.